The van der Waals surface area contributed by atoms with Crippen molar-refractivity contribution < 1.29 is 24.4 Å². The van der Waals surface area contributed by atoms with Gasteiger partial charge in [-0.1, -0.05) is 19.1 Å². The molecule has 2 heterocycles. The number of non-ortho nitro benzene ring substituents is 1. The Labute approximate surface area is 207 Å². The molecule has 1 N–H and O–H groups in total. The lowest BCUT2D eigenvalue weighted by atomic mass is 9.95. The van der Waals surface area contributed by atoms with Crippen molar-refractivity contribution in [2.45, 2.75) is 32.4 Å². The van der Waals surface area contributed by atoms with Gasteiger partial charge in [0.15, 0.2) is 0 Å². The first kappa shape index (κ1) is 24.6. The second-order valence-electron chi connectivity index (χ2n) is 8.37. The van der Waals surface area contributed by atoms with Crippen LogP contribution in [0.1, 0.15) is 36.9 Å². The monoisotopic (exact) mass is 490 g/mol. The second-order valence-corrected chi connectivity index (χ2v) is 8.37. The van der Waals surface area contributed by atoms with Crippen LogP contribution >= 0.6 is 0 Å². The molecule has 10 heteroatoms. The molecule has 36 heavy (non-hydrogen) atoms. The Hall–Kier alpha value is -4.47. The molecule has 4 rings (SSSR count). The summed E-state index contributed by atoms with van der Waals surface area (Å²) in [6, 6.07) is 11.4. The number of aromatic nitrogens is 2. The van der Waals surface area contributed by atoms with Crippen molar-refractivity contribution in [3.05, 3.63) is 94.1 Å². The van der Waals surface area contributed by atoms with Gasteiger partial charge >= 0.3 is 0 Å². The van der Waals surface area contributed by atoms with Gasteiger partial charge in [-0.15, -0.1) is 0 Å². The Bertz CT molecular complexity index is 1280. The Morgan fingerprint density at radius 1 is 1.17 bits per heavy atom. The number of ketones is 1. The molecule has 0 spiro atoms. The number of amides is 1. The number of Topliss-reactive ketones (excluding diaryl/α,β-unsaturated/α-hetero) is 1. The molecule has 0 radical (unpaired) electrons. The third-order valence-electron chi connectivity index (χ3n) is 5.91. The molecule has 0 bridgehead atoms. The van der Waals surface area contributed by atoms with Crippen LogP contribution in [0.15, 0.2) is 72.8 Å². The van der Waals surface area contributed by atoms with Crippen LogP contribution in [0.5, 0.6) is 5.75 Å². The third kappa shape index (κ3) is 5.12. The molecule has 1 amide bonds. The number of aliphatic hydroxyl groups excluding tert-OH is 1. The average Bonchev–Trinajstić information content (AvgIpc) is 3.50. The highest BCUT2D eigenvalue weighted by Crippen LogP contribution is 2.40. The van der Waals surface area contributed by atoms with E-state index in [1.54, 1.807) is 49.1 Å². The van der Waals surface area contributed by atoms with Gasteiger partial charge in [-0.05, 0) is 42.7 Å². The summed E-state index contributed by atoms with van der Waals surface area (Å²) in [5, 5.41) is 22.6. The highest BCUT2D eigenvalue weighted by molar-refractivity contribution is 6.46. The largest absolute Gasteiger partial charge is 0.507 e. The van der Waals surface area contributed by atoms with Crippen LogP contribution in [0.3, 0.4) is 0 Å². The Balaban J connectivity index is 1.72. The SMILES string of the molecule is CCCOc1ccc(/C(O)=C2\C(=O)C(=O)N(CCCn3ccnc3)[C@H]2c2cccc([N+](=O)[O-])c2)cc1. The summed E-state index contributed by atoms with van der Waals surface area (Å²) in [4.78, 5) is 42.4. The Morgan fingerprint density at radius 3 is 2.61 bits per heavy atom. The molecule has 1 aromatic heterocycles. The molecule has 0 saturated carbocycles. The van der Waals surface area contributed by atoms with Gasteiger partial charge in [0.25, 0.3) is 17.4 Å². The summed E-state index contributed by atoms with van der Waals surface area (Å²) in [5.74, 6) is -1.33. The average molecular weight is 491 g/mol. The number of nitrogens with zero attached hydrogens (tertiary/aromatic N) is 4. The number of likely N-dealkylation sites (tertiary alicyclic amines) is 1. The van der Waals surface area contributed by atoms with Crippen molar-refractivity contribution in [2.24, 2.45) is 0 Å². The van der Waals surface area contributed by atoms with E-state index in [1.807, 2.05) is 11.5 Å². The van der Waals surface area contributed by atoms with Crippen molar-refractivity contribution in [1.29, 1.82) is 0 Å². The van der Waals surface area contributed by atoms with E-state index < -0.39 is 22.7 Å². The number of imidazole rings is 1. The van der Waals surface area contributed by atoms with Crippen LogP contribution in [0.4, 0.5) is 5.69 Å². The van der Waals surface area contributed by atoms with Crippen molar-refractivity contribution in [2.75, 3.05) is 13.2 Å². The number of nitro groups is 1. The van der Waals surface area contributed by atoms with Crippen LogP contribution in [0.2, 0.25) is 0 Å². The zero-order chi connectivity index (χ0) is 25.7. The molecule has 0 aliphatic carbocycles. The fourth-order valence-corrected chi connectivity index (χ4v) is 4.19. The molecule has 2 aromatic carbocycles. The molecular weight excluding hydrogens is 464 g/mol. The molecule has 1 aliphatic heterocycles. The van der Waals surface area contributed by atoms with Crippen LogP contribution < -0.4 is 4.74 Å². The predicted octanol–water partition coefficient (Wildman–Crippen LogP) is 4.09. The minimum absolute atomic E-state index is 0.106. The zero-order valence-electron chi connectivity index (χ0n) is 19.7. The van der Waals surface area contributed by atoms with Gasteiger partial charge < -0.3 is 19.3 Å². The number of hydrogen-bond donors (Lipinski definition) is 1. The zero-order valence-corrected chi connectivity index (χ0v) is 19.7. The van der Waals surface area contributed by atoms with E-state index in [-0.39, 0.29) is 23.6 Å². The molecule has 186 valence electrons. The topological polar surface area (TPSA) is 128 Å². The molecule has 1 fully saturated rings. The number of hydrogen-bond acceptors (Lipinski definition) is 7. The first-order valence-corrected chi connectivity index (χ1v) is 11.6. The van der Waals surface area contributed by atoms with Crippen molar-refractivity contribution >= 4 is 23.1 Å². The highest BCUT2D eigenvalue weighted by Gasteiger charge is 2.46. The quantitative estimate of drug-likeness (QED) is 0.149. The number of rotatable bonds is 10. The predicted molar refractivity (Wildman–Crippen MR) is 131 cm³/mol. The van der Waals surface area contributed by atoms with Crippen LogP contribution in [-0.4, -0.2) is 49.3 Å². The van der Waals surface area contributed by atoms with Crippen LogP contribution in [0, 0.1) is 10.1 Å². The number of aliphatic hydroxyl groups is 1. The molecule has 3 aromatic rings. The second kappa shape index (κ2) is 10.9. The summed E-state index contributed by atoms with van der Waals surface area (Å²) < 4.78 is 7.42. The maximum absolute atomic E-state index is 13.2. The fourth-order valence-electron chi connectivity index (χ4n) is 4.19. The summed E-state index contributed by atoms with van der Waals surface area (Å²) in [6.45, 7) is 3.30. The van der Waals surface area contributed by atoms with E-state index in [0.717, 1.165) is 6.42 Å². The lowest BCUT2D eigenvalue weighted by molar-refractivity contribution is -0.384. The number of carbonyl (C=O) groups excluding carboxylic acids is 2. The van der Waals surface area contributed by atoms with E-state index in [9.17, 15) is 24.8 Å². The van der Waals surface area contributed by atoms with Crippen molar-refractivity contribution in [3.8, 4) is 5.75 Å². The van der Waals surface area contributed by atoms with Gasteiger partial charge in [0, 0.05) is 43.2 Å². The maximum Gasteiger partial charge on any atom is 0.295 e. The summed E-state index contributed by atoms with van der Waals surface area (Å²) in [6.07, 6.45) is 6.45. The molecule has 1 aliphatic rings. The molecule has 10 nitrogen and oxygen atoms in total. The van der Waals surface area contributed by atoms with Gasteiger partial charge in [-0.2, -0.15) is 0 Å². The molecule has 1 saturated heterocycles. The highest BCUT2D eigenvalue weighted by atomic mass is 16.6. The van der Waals surface area contributed by atoms with Crippen LogP contribution in [0.25, 0.3) is 5.76 Å². The van der Waals surface area contributed by atoms with Crippen LogP contribution in [-0.2, 0) is 16.1 Å². The molecule has 0 unspecified atom stereocenters. The minimum Gasteiger partial charge on any atom is -0.507 e. The summed E-state index contributed by atoms with van der Waals surface area (Å²) >= 11 is 0. The normalized spacial score (nSPS) is 16.9. The van der Waals surface area contributed by atoms with E-state index in [1.165, 1.54) is 23.1 Å². The standard InChI is InChI=1S/C26H26N4O6/c1-2-15-36-21-9-7-18(8-10-21)24(31)22-23(19-5-3-6-20(16-19)30(34)35)29(26(33)25(22)32)13-4-12-28-14-11-27-17-28/h3,5-11,14,16-17,23,31H,2,4,12-13,15H2,1H3/b24-22+/t23-/m0/s1. The fraction of sp³-hybridized carbons (Fsp3) is 0.269. The number of aryl methyl sites for hydroxylation is 1. The van der Waals surface area contributed by atoms with Gasteiger partial charge in [0.1, 0.15) is 11.5 Å². The number of ether oxygens (including phenoxy) is 1. The lowest BCUT2D eigenvalue weighted by Gasteiger charge is -2.25. The lowest BCUT2D eigenvalue weighted by Crippen LogP contribution is -2.31. The van der Waals surface area contributed by atoms with Gasteiger partial charge in [-0.3, -0.25) is 19.7 Å². The Kier molecular flexibility index (Phi) is 7.43. The van der Waals surface area contributed by atoms with E-state index in [2.05, 4.69) is 4.98 Å². The smallest absolute Gasteiger partial charge is 0.295 e. The summed E-state index contributed by atoms with van der Waals surface area (Å²) in [5.41, 5.74) is 0.431. The number of carbonyl (C=O) groups is 2. The van der Waals surface area contributed by atoms with Crippen molar-refractivity contribution in [1.82, 2.24) is 14.5 Å². The van der Waals surface area contributed by atoms with Gasteiger partial charge in [0.05, 0.1) is 29.5 Å². The third-order valence-corrected chi connectivity index (χ3v) is 5.91. The van der Waals surface area contributed by atoms with E-state index >= 15 is 0 Å². The molecular formula is C26H26N4O6. The number of nitro benzene ring substituents is 1. The first-order chi connectivity index (χ1) is 17.4. The van der Waals surface area contributed by atoms with Gasteiger partial charge in [0.2, 0.25) is 0 Å². The number of benzene rings is 2. The Morgan fingerprint density at radius 2 is 1.94 bits per heavy atom. The maximum atomic E-state index is 13.2. The van der Waals surface area contributed by atoms with Crippen molar-refractivity contribution in [3.63, 3.8) is 0 Å². The molecule has 1 atom stereocenters. The first-order valence-electron chi connectivity index (χ1n) is 11.6. The van der Waals surface area contributed by atoms with E-state index in [0.29, 0.717) is 36.4 Å². The van der Waals surface area contributed by atoms with E-state index in [4.69, 9.17) is 4.74 Å². The summed E-state index contributed by atoms with van der Waals surface area (Å²) in [7, 11) is 0. The van der Waals surface area contributed by atoms with Gasteiger partial charge in [-0.25, -0.2) is 4.98 Å². The minimum atomic E-state index is -0.969.